The van der Waals surface area contributed by atoms with Gasteiger partial charge in [-0.15, -0.1) is 0 Å². The van der Waals surface area contributed by atoms with Gasteiger partial charge in [0.2, 0.25) is 0 Å². The molecule has 2 N–H and O–H groups in total. The number of fused-ring (bicyclic) bond motifs is 2. The Bertz CT molecular complexity index is 1050. The fraction of sp³-hybridized carbons (Fsp3) is 0.381. The normalized spacial score (nSPS) is 16.5. The summed E-state index contributed by atoms with van der Waals surface area (Å²) in [5.74, 6) is -0.163. The van der Waals surface area contributed by atoms with Gasteiger partial charge in [-0.3, -0.25) is 14.7 Å². The average molecular weight is 393 g/mol. The van der Waals surface area contributed by atoms with Crippen LogP contribution < -0.4 is 0 Å². The number of hydrogen-bond donors (Lipinski definition) is 2. The third-order valence-corrected chi connectivity index (χ3v) is 5.85. The number of likely N-dealkylation sites (N-methyl/N-ethyl adjacent to an activating group) is 1. The fourth-order valence-corrected chi connectivity index (χ4v) is 4.11. The van der Waals surface area contributed by atoms with E-state index in [1.807, 2.05) is 37.3 Å². The van der Waals surface area contributed by atoms with E-state index in [-0.39, 0.29) is 17.9 Å². The fourth-order valence-electron chi connectivity index (χ4n) is 4.11. The van der Waals surface area contributed by atoms with Crippen LogP contribution >= 0.6 is 0 Å². The number of benzene rings is 1. The van der Waals surface area contributed by atoms with Crippen LogP contribution in [0.4, 0.5) is 0 Å². The predicted octanol–water partition coefficient (Wildman–Crippen LogP) is 1.95. The Kier molecular flexibility index (Phi) is 4.35. The highest BCUT2D eigenvalue weighted by atomic mass is 16.5. The van der Waals surface area contributed by atoms with Gasteiger partial charge in [-0.2, -0.15) is 5.10 Å². The molecular weight excluding hydrogens is 370 g/mol. The second-order valence-corrected chi connectivity index (χ2v) is 7.56. The molecular formula is C21H23N5O3. The molecule has 1 fully saturated rings. The number of aromatic amines is 2. The molecule has 0 unspecified atom stereocenters. The van der Waals surface area contributed by atoms with Crippen molar-refractivity contribution >= 4 is 22.7 Å². The molecule has 1 aromatic carbocycles. The topological polar surface area (TPSA) is 94.3 Å². The lowest BCUT2D eigenvalue weighted by Crippen LogP contribution is -2.52. The van der Waals surface area contributed by atoms with E-state index < -0.39 is 0 Å². The van der Waals surface area contributed by atoms with Crippen molar-refractivity contribution in [3.8, 4) is 0 Å². The molecule has 0 saturated carbocycles. The van der Waals surface area contributed by atoms with Crippen LogP contribution in [-0.4, -0.2) is 69.1 Å². The van der Waals surface area contributed by atoms with Crippen LogP contribution in [0.1, 0.15) is 39.2 Å². The van der Waals surface area contributed by atoms with Crippen molar-refractivity contribution in [3.05, 3.63) is 53.0 Å². The molecule has 8 nitrogen and oxygen atoms in total. The molecule has 4 heterocycles. The zero-order valence-corrected chi connectivity index (χ0v) is 16.3. The first-order chi connectivity index (χ1) is 14.2. The van der Waals surface area contributed by atoms with Gasteiger partial charge in [0.15, 0.2) is 5.69 Å². The lowest BCUT2D eigenvalue weighted by molar-refractivity contribution is -0.0529. The van der Waals surface area contributed by atoms with Crippen molar-refractivity contribution in [1.29, 1.82) is 0 Å². The Morgan fingerprint density at radius 3 is 2.86 bits per heavy atom. The van der Waals surface area contributed by atoms with E-state index in [0.717, 1.165) is 22.2 Å². The highest BCUT2D eigenvalue weighted by Gasteiger charge is 2.34. The van der Waals surface area contributed by atoms with E-state index in [2.05, 4.69) is 15.2 Å². The van der Waals surface area contributed by atoms with Gasteiger partial charge in [-0.1, -0.05) is 18.2 Å². The number of hydrogen-bond acceptors (Lipinski definition) is 4. The summed E-state index contributed by atoms with van der Waals surface area (Å²) in [6.45, 7) is 4.66. The number of para-hydroxylation sites is 1. The first kappa shape index (κ1) is 17.9. The van der Waals surface area contributed by atoms with Crippen LogP contribution in [0.5, 0.6) is 0 Å². The SMILES string of the molecule is CCN(C(=O)c1n[nH]c2c1CN(C(=O)c1cc3ccccc3[nH]1)CC2)C1COC1. The Balaban J connectivity index is 1.39. The number of ether oxygens (including phenoxy) is 1. The number of H-pyrrole nitrogens is 2. The zero-order chi connectivity index (χ0) is 20.0. The van der Waals surface area contributed by atoms with E-state index in [1.165, 1.54) is 0 Å². The maximum absolute atomic E-state index is 13.1. The molecule has 150 valence electrons. The summed E-state index contributed by atoms with van der Waals surface area (Å²) >= 11 is 0. The van der Waals surface area contributed by atoms with Crippen LogP contribution in [0.15, 0.2) is 30.3 Å². The van der Waals surface area contributed by atoms with Gasteiger partial charge in [-0.25, -0.2) is 0 Å². The molecule has 0 aliphatic carbocycles. The summed E-state index contributed by atoms with van der Waals surface area (Å²) in [7, 11) is 0. The summed E-state index contributed by atoms with van der Waals surface area (Å²) in [5, 5.41) is 8.32. The van der Waals surface area contributed by atoms with Crippen LogP contribution in [0.3, 0.4) is 0 Å². The van der Waals surface area contributed by atoms with Crippen molar-refractivity contribution in [2.45, 2.75) is 25.9 Å². The molecule has 0 bridgehead atoms. The maximum Gasteiger partial charge on any atom is 0.275 e. The van der Waals surface area contributed by atoms with Crippen molar-refractivity contribution < 1.29 is 14.3 Å². The Labute approximate surface area is 167 Å². The smallest absolute Gasteiger partial charge is 0.275 e. The van der Waals surface area contributed by atoms with Crippen molar-refractivity contribution in [1.82, 2.24) is 25.0 Å². The van der Waals surface area contributed by atoms with Crippen molar-refractivity contribution in [2.24, 2.45) is 0 Å². The van der Waals surface area contributed by atoms with Crippen molar-refractivity contribution in [2.75, 3.05) is 26.3 Å². The molecule has 2 aliphatic heterocycles. The highest BCUT2D eigenvalue weighted by Crippen LogP contribution is 2.25. The summed E-state index contributed by atoms with van der Waals surface area (Å²) in [6, 6.07) is 9.81. The van der Waals surface area contributed by atoms with Gasteiger partial charge in [0.1, 0.15) is 5.69 Å². The number of nitrogens with zero attached hydrogens (tertiary/aromatic N) is 3. The van der Waals surface area contributed by atoms with Crippen LogP contribution in [0.2, 0.25) is 0 Å². The third-order valence-electron chi connectivity index (χ3n) is 5.85. The molecule has 3 aromatic rings. The van der Waals surface area contributed by atoms with Crippen molar-refractivity contribution in [3.63, 3.8) is 0 Å². The number of nitrogens with one attached hydrogen (secondary N) is 2. The second-order valence-electron chi connectivity index (χ2n) is 7.56. The minimum Gasteiger partial charge on any atom is -0.377 e. The lowest BCUT2D eigenvalue weighted by atomic mass is 10.0. The van der Waals surface area contributed by atoms with E-state index in [9.17, 15) is 9.59 Å². The largest absolute Gasteiger partial charge is 0.377 e. The standard InChI is InChI=1S/C21H23N5O3/c1-2-26(14-11-29-12-14)21(28)19-15-10-25(8-7-17(15)23-24-19)20(27)18-9-13-5-3-4-6-16(13)22-18/h3-6,9,14,22H,2,7-8,10-12H2,1H3,(H,23,24). The predicted molar refractivity (Wildman–Crippen MR) is 107 cm³/mol. The number of carbonyl (C=O) groups is 2. The Morgan fingerprint density at radius 1 is 1.31 bits per heavy atom. The van der Waals surface area contributed by atoms with Gasteiger partial charge in [0.25, 0.3) is 11.8 Å². The van der Waals surface area contributed by atoms with Gasteiger partial charge >= 0.3 is 0 Å². The molecule has 2 aliphatic rings. The highest BCUT2D eigenvalue weighted by molar-refractivity contribution is 5.98. The van der Waals surface area contributed by atoms with Gasteiger partial charge < -0.3 is 19.5 Å². The summed E-state index contributed by atoms with van der Waals surface area (Å²) < 4.78 is 5.24. The summed E-state index contributed by atoms with van der Waals surface area (Å²) in [4.78, 5) is 33.0. The Hall–Kier alpha value is -3.13. The summed E-state index contributed by atoms with van der Waals surface area (Å²) in [6.07, 6.45) is 0.653. The van der Waals surface area contributed by atoms with Crippen LogP contribution in [0, 0.1) is 0 Å². The first-order valence-electron chi connectivity index (χ1n) is 9.97. The number of rotatable bonds is 4. The molecule has 8 heteroatoms. The summed E-state index contributed by atoms with van der Waals surface area (Å²) in [5.41, 5.74) is 3.68. The van der Waals surface area contributed by atoms with Gasteiger partial charge in [-0.05, 0) is 19.1 Å². The number of amides is 2. The molecule has 0 atom stereocenters. The molecule has 2 aromatic heterocycles. The van der Waals surface area contributed by atoms with Crippen LogP contribution in [0.25, 0.3) is 10.9 Å². The van der Waals surface area contributed by atoms with Gasteiger partial charge in [0.05, 0.1) is 25.8 Å². The zero-order valence-electron chi connectivity index (χ0n) is 16.3. The third kappa shape index (κ3) is 3.00. The average Bonchev–Trinajstić information content (AvgIpc) is 3.32. The lowest BCUT2D eigenvalue weighted by Gasteiger charge is -2.36. The number of carbonyl (C=O) groups excluding carboxylic acids is 2. The molecule has 0 radical (unpaired) electrons. The maximum atomic E-state index is 13.1. The van der Waals surface area contributed by atoms with E-state index in [4.69, 9.17) is 4.74 Å². The van der Waals surface area contributed by atoms with E-state index in [1.54, 1.807) is 9.80 Å². The monoisotopic (exact) mass is 393 g/mol. The molecule has 2 amide bonds. The minimum atomic E-state index is -0.0989. The van der Waals surface area contributed by atoms with E-state index in [0.29, 0.717) is 50.7 Å². The van der Waals surface area contributed by atoms with E-state index >= 15 is 0 Å². The van der Waals surface area contributed by atoms with Crippen LogP contribution in [-0.2, 0) is 17.7 Å². The Morgan fingerprint density at radius 2 is 2.14 bits per heavy atom. The minimum absolute atomic E-state index is 0.0637. The first-order valence-corrected chi connectivity index (χ1v) is 9.97. The number of aromatic nitrogens is 3. The molecule has 0 spiro atoms. The molecule has 29 heavy (non-hydrogen) atoms. The van der Waals surface area contributed by atoms with Gasteiger partial charge in [0, 0.05) is 41.7 Å². The second kappa shape index (κ2) is 7.04. The molecule has 1 saturated heterocycles. The molecule has 5 rings (SSSR count). The quantitative estimate of drug-likeness (QED) is 0.708.